The Hall–Kier alpha value is -2.33. The first-order valence-corrected chi connectivity index (χ1v) is 11.2. The van der Waals surface area contributed by atoms with Gasteiger partial charge >= 0.3 is 0 Å². The zero-order valence-electron chi connectivity index (χ0n) is 18.4. The highest BCUT2D eigenvalue weighted by atomic mass is 35.5. The number of nitrogen functional groups attached to an aromatic ring is 1. The molecular formula is C23H28Cl2N6. The zero-order valence-corrected chi connectivity index (χ0v) is 19.9. The molecule has 0 atom stereocenters. The second-order valence-electron chi connectivity index (χ2n) is 8.07. The lowest BCUT2D eigenvalue weighted by Gasteiger charge is -2.10. The molecule has 0 spiro atoms. The Labute approximate surface area is 193 Å². The number of anilines is 1. The van der Waals surface area contributed by atoms with Crippen LogP contribution in [0, 0.1) is 31.6 Å². The summed E-state index contributed by atoms with van der Waals surface area (Å²) in [5, 5.41) is 5.16. The molecule has 8 heteroatoms. The molecule has 0 saturated heterocycles. The molecule has 0 aromatic carbocycles. The highest BCUT2D eigenvalue weighted by molar-refractivity contribution is 6.34. The van der Waals surface area contributed by atoms with E-state index in [1.807, 2.05) is 24.6 Å². The molecule has 0 amide bonds. The molecular weight excluding hydrogens is 431 g/mol. The van der Waals surface area contributed by atoms with Crippen LogP contribution in [0.2, 0.25) is 10.2 Å². The standard InChI is InChI=1S/C23H28Cl2N6/c1-14(2)10-27-9-7-5-6-8-17-12-31(22-19(17)21(25)29-23(26)30-22)13-18-16(4)20(24)15(3)11-28-18/h11-12,14,27H,5,7,9-10,13H2,1-4H3,(H2,26,29,30). The third kappa shape index (κ3) is 5.68. The number of unbranched alkanes of at least 4 members (excludes halogenated alkanes) is 1. The lowest BCUT2D eigenvalue weighted by molar-refractivity contribution is 0.546. The van der Waals surface area contributed by atoms with Crippen molar-refractivity contribution in [3.63, 3.8) is 0 Å². The van der Waals surface area contributed by atoms with Gasteiger partial charge < -0.3 is 15.6 Å². The topological polar surface area (TPSA) is 81.7 Å². The SMILES string of the molecule is Cc1cnc(Cn2cc(C#CCCCNCC(C)C)c3c(Cl)nc(N)nc32)c(C)c1Cl. The maximum atomic E-state index is 6.42. The molecule has 31 heavy (non-hydrogen) atoms. The van der Waals surface area contributed by atoms with Crippen molar-refractivity contribution in [2.75, 3.05) is 18.8 Å². The second kappa shape index (κ2) is 10.3. The van der Waals surface area contributed by atoms with E-state index in [2.05, 4.69) is 46.0 Å². The molecule has 0 bridgehead atoms. The predicted octanol–water partition coefficient (Wildman–Crippen LogP) is 4.76. The number of nitrogens with two attached hydrogens (primary N) is 1. The average molecular weight is 459 g/mol. The first-order chi connectivity index (χ1) is 14.8. The Morgan fingerprint density at radius 3 is 2.74 bits per heavy atom. The number of fused-ring (bicyclic) bond motifs is 1. The lowest BCUT2D eigenvalue weighted by Crippen LogP contribution is -2.20. The van der Waals surface area contributed by atoms with E-state index < -0.39 is 0 Å². The molecule has 3 heterocycles. The fraction of sp³-hybridized carbons (Fsp3) is 0.435. The Bertz CT molecular complexity index is 1140. The maximum Gasteiger partial charge on any atom is 0.223 e. The van der Waals surface area contributed by atoms with E-state index in [-0.39, 0.29) is 5.95 Å². The van der Waals surface area contributed by atoms with Crippen molar-refractivity contribution in [2.24, 2.45) is 5.92 Å². The van der Waals surface area contributed by atoms with E-state index in [1.165, 1.54) is 0 Å². The minimum Gasteiger partial charge on any atom is -0.368 e. The van der Waals surface area contributed by atoms with Gasteiger partial charge in [0.15, 0.2) is 0 Å². The molecule has 0 fully saturated rings. The number of hydrogen-bond acceptors (Lipinski definition) is 5. The normalized spacial score (nSPS) is 11.2. The molecule has 0 aliphatic rings. The third-order valence-electron chi connectivity index (χ3n) is 4.96. The van der Waals surface area contributed by atoms with Crippen LogP contribution in [0.15, 0.2) is 12.4 Å². The average Bonchev–Trinajstić information content (AvgIpc) is 3.05. The maximum absolute atomic E-state index is 6.42. The van der Waals surface area contributed by atoms with Crippen molar-refractivity contribution in [1.82, 2.24) is 24.8 Å². The zero-order chi connectivity index (χ0) is 22.5. The van der Waals surface area contributed by atoms with Crippen LogP contribution in [0.4, 0.5) is 5.95 Å². The third-order valence-corrected chi connectivity index (χ3v) is 5.82. The number of rotatable bonds is 7. The number of aromatic nitrogens is 4. The molecule has 3 N–H and O–H groups in total. The van der Waals surface area contributed by atoms with Crippen molar-refractivity contribution in [3.05, 3.63) is 45.0 Å². The minimum absolute atomic E-state index is 0.124. The summed E-state index contributed by atoms with van der Waals surface area (Å²) >= 11 is 12.8. The van der Waals surface area contributed by atoms with Crippen molar-refractivity contribution in [1.29, 1.82) is 0 Å². The molecule has 0 saturated carbocycles. The largest absolute Gasteiger partial charge is 0.368 e. The Balaban J connectivity index is 1.87. The minimum atomic E-state index is 0.124. The van der Waals surface area contributed by atoms with Gasteiger partial charge in [-0.25, -0.2) is 4.98 Å². The highest BCUT2D eigenvalue weighted by Gasteiger charge is 2.16. The number of hydrogen-bond donors (Lipinski definition) is 2. The molecule has 0 aliphatic carbocycles. The quantitative estimate of drug-likeness (QED) is 0.303. The van der Waals surface area contributed by atoms with Gasteiger partial charge in [0.05, 0.1) is 23.2 Å². The van der Waals surface area contributed by atoms with Crippen LogP contribution in [0.3, 0.4) is 0 Å². The van der Waals surface area contributed by atoms with Gasteiger partial charge in [-0.15, -0.1) is 0 Å². The van der Waals surface area contributed by atoms with Gasteiger partial charge in [-0.2, -0.15) is 4.98 Å². The molecule has 0 unspecified atom stereocenters. The van der Waals surface area contributed by atoms with E-state index in [9.17, 15) is 0 Å². The van der Waals surface area contributed by atoms with Crippen molar-refractivity contribution < 1.29 is 0 Å². The fourth-order valence-electron chi connectivity index (χ4n) is 3.30. The van der Waals surface area contributed by atoms with E-state index >= 15 is 0 Å². The van der Waals surface area contributed by atoms with Crippen LogP contribution < -0.4 is 11.1 Å². The molecule has 3 aromatic rings. The monoisotopic (exact) mass is 458 g/mol. The van der Waals surface area contributed by atoms with E-state index in [0.717, 1.165) is 53.3 Å². The van der Waals surface area contributed by atoms with Crippen molar-refractivity contribution >= 4 is 40.2 Å². The van der Waals surface area contributed by atoms with Gasteiger partial charge in [0.2, 0.25) is 5.95 Å². The van der Waals surface area contributed by atoms with Gasteiger partial charge in [0.1, 0.15) is 10.8 Å². The van der Waals surface area contributed by atoms with Gasteiger partial charge in [0.25, 0.3) is 0 Å². The van der Waals surface area contributed by atoms with E-state index in [0.29, 0.717) is 28.6 Å². The summed E-state index contributed by atoms with van der Waals surface area (Å²) in [6.07, 6.45) is 5.49. The summed E-state index contributed by atoms with van der Waals surface area (Å²) in [6, 6.07) is 0. The smallest absolute Gasteiger partial charge is 0.223 e. The Morgan fingerprint density at radius 1 is 1.23 bits per heavy atom. The van der Waals surface area contributed by atoms with E-state index in [4.69, 9.17) is 28.9 Å². The summed E-state index contributed by atoms with van der Waals surface area (Å²) in [6.45, 7) is 10.8. The predicted molar refractivity (Wildman–Crippen MR) is 129 cm³/mol. The lowest BCUT2D eigenvalue weighted by atomic mass is 10.1. The summed E-state index contributed by atoms with van der Waals surface area (Å²) in [4.78, 5) is 13.1. The molecule has 6 nitrogen and oxygen atoms in total. The highest BCUT2D eigenvalue weighted by Crippen LogP contribution is 2.28. The van der Waals surface area contributed by atoms with Gasteiger partial charge in [-0.05, 0) is 50.4 Å². The van der Waals surface area contributed by atoms with Gasteiger partial charge in [0, 0.05) is 23.8 Å². The first-order valence-electron chi connectivity index (χ1n) is 10.4. The van der Waals surface area contributed by atoms with Crippen LogP contribution in [-0.2, 0) is 6.54 Å². The van der Waals surface area contributed by atoms with Crippen LogP contribution in [0.5, 0.6) is 0 Å². The number of pyridine rings is 1. The molecule has 0 radical (unpaired) electrons. The van der Waals surface area contributed by atoms with Crippen LogP contribution in [0.1, 0.15) is 49.1 Å². The number of aryl methyl sites for hydroxylation is 1. The number of nitrogens with one attached hydrogen (secondary N) is 1. The van der Waals surface area contributed by atoms with Crippen molar-refractivity contribution in [2.45, 2.75) is 47.1 Å². The molecule has 0 aliphatic heterocycles. The Morgan fingerprint density at radius 2 is 2.00 bits per heavy atom. The first kappa shape index (κ1) is 23.3. The summed E-state index contributed by atoms with van der Waals surface area (Å²) in [5.41, 5.74) is 10.0. The Kier molecular flexibility index (Phi) is 7.77. The van der Waals surface area contributed by atoms with Crippen LogP contribution in [-0.4, -0.2) is 32.6 Å². The molecule has 164 valence electrons. The number of halogens is 2. The number of nitrogens with zero attached hydrogens (tertiary/aromatic N) is 4. The second-order valence-corrected chi connectivity index (χ2v) is 8.81. The van der Waals surface area contributed by atoms with Gasteiger partial charge in [-0.3, -0.25) is 4.98 Å². The van der Waals surface area contributed by atoms with Crippen LogP contribution >= 0.6 is 23.2 Å². The van der Waals surface area contributed by atoms with Crippen molar-refractivity contribution in [3.8, 4) is 11.8 Å². The summed E-state index contributed by atoms with van der Waals surface area (Å²) in [7, 11) is 0. The van der Waals surface area contributed by atoms with E-state index in [1.54, 1.807) is 6.20 Å². The fourth-order valence-corrected chi connectivity index (χ4v) is 3.73. The summed E-state index contributed by atoms with van der Waals surface area (Å²) in [5.74, 6) is 7.25. The molecule has 3 rings (SSSR count). The van der Waals surface area contributed by atoms with Gasteiger partial charge in [-0.1, -0.05) is 48.9 Å². The van der Waals surface area contributed by atoms with Crippen LogP contribution in [0.25, 0.3) is 11.0 Å². The molecule has 3 aromatic heterocycles. The summed E-state index contributed by atoms with van der Waals surface area (Å²) < 4.78 is 1.95.